The normalized spacial score (nSPS) is 24.0. The molecule has 2 heterocycles. The lowest BCUT2D eigenvalue weighted by Gasteiger charge is -2.48. The summed E-state index contributed by atoms with van der Waals surface area (Å²) in [6, 6.07) is 22.8. The predicted octanol–water partition coefficient (Wildman–Crippen LogP) is 5.23. The van der Waals surface area contributed by atoms with Gasteiger partial charge in [-0.25, -0.2) is 0 Å². The molecule has 3 aromatic carbocycles. The number of primary amides is 2. The zero-order valence-electron chi connectivity index (χ0n) is 19.2. The topological polar surface area (TPSA) is 89.4 Å². The molecule has 2 amide bonds. The van der Waals surface area contributed by atoms with Crippen molar-refractivity contribution in [1.82, 2.24) is 4.90 Å². The van der Waals surface area contributed by atoms with Crippen LogP contribution >= 0.6 is 23.2 Å². The highest BCUT2D eigenvalue weighted by Gasteiger charge is 2.54. The Labute approximate surface area is 215 Å². The van der Waals surface area contributed by atoms with Crippen molar-refractivity contribution in [2.45, 2.75) is 49.2 Å². The fourth-order valence-electron chi connectivity index (χ4n) is 6.12. The van der Waals surface area contributed by atoms with E-state index in [1.165, 1.54) is 0 Å². The first-order valence-corrected chi connectivity index (χ1v) is 12.5. The Kier molecular flexibility index (Phi) is 6.34. The quantitative estimate of drug-likeness (QED) is 0.478. The molecule has 2 saturated heterocycles. The largest absolute Gasteiger partial charge is 0.369 e. The SMILES string of the molecule is NC(=O)c1ccc(C2(C(N)=O)CC3CCC(C2)N3C(c2ccccc2Cl)c2ccccc2Cl)cc1. The lowest BCUT2D eigenvalue weighted by atomic mass is 9.68. The molecule has 2 bridgehead atoms. The van der Waals surface area contributed by atoms with Gasteiger partial charge in [-0.1, -0.05) is 71.7 Å². The van der Waals surface area contributed by atoms with Crippen LogP contribution < -0.4 is 11.5 Å². The average Bonchev–Trinajstić information content (AvgIpc) is 3.10. The molecule has 0 aromatic heterocycles. The molecule has 7 heteroatoms. The van der Waals surface area contributed by atoms with Crippen LogP contribution in [0.25, 0.3) is 0 Å². The van der Waals surface area contributed by atoms with Gasteiger partial charge in [0.25, 0.3) is 0 Å². The molecule has 5 rings (SSSR count). The summed E-state index contributed by atoms with van der Waals surface area (Å²) in [5, 5.41) is 1.37. The number of nitrogens with zero attached hydrogens (tertiary/aromatic N) is 1. The van der Waals surface area contributed by atoms with Gasteiger partial charge in [0.05, 0.1) is 11.5 Å². The highest BCUT2D eigenvalue weighted by molar-refractivity contribution is 6.32. The van der Waals surface area contributed by atoms with E-state index in [-0.39, 0.29) is 24.0 Å². The number of hydrogen-bond acceptors (Lipinski definition) is 3. The number of hydrogen-bond donors (Lipinski definition) is 2. The molecule has 180 valence electrons. The van der Waals surface area contributed by atoms with Crippen LogP contribution in [0.4, 0.5) is 0 Å². The van der Waals surface area contributed by atoms with Gasteiger partial charge in [0.1, 0.15) is 0 Å². The predicted molar refractivity (Wildman–Crippen MR) is 138 cm³/mol. The molecule has 35 heavy (non-hydrogen) atoms. The molecule has 2 atom stereocenters. The second-order valence-electron chi connectivity index (χ2n) is 9.57. The summed E-state index contributed by atoms with van der Waals surface area (Å²) in [5.74, 6) is -0.838. The number of piperidine rings is 1. The Morgan fingerprint density at radius 2 is 1.29 bits per heavy atom. The third kappa shape index (κ3) is 4.12. The third-order valence-electron chi connectivity index (χ3n) is 7.74. The zero-order chi connectivity index (χ0) is 24.7. The summed E-state index contributed by atoms with van der Waals surface area (Å²) in [6.45, 7) is 0. The standard InChI is InChI=1S/C28H27Cl2N3O2/c29-23-7-3-1-5-21(23)25(22-6-2-4-8-24(22)30)33-19-13-14-20(33)16-28(15-19,27(32)35)18-11-9-17(10-12-18)26(31)34/h1-12,19-20,25H,13-16H2,(H2,31,34)(H2,32,35). The summed E-state index contributed by atoms with van der Waals surface area (Å²) in [7, 11) is 0. The van der Waals surface area contributed by atoms with Crippen LogP contribution in [0.15, 0.2) is 72.8 Å². The van der Waals surface area contributed by atoms with E-state index in [2.05, 4.69) is 4.90 Å². The summed E-state index contributed by atoms with van der Waals surface area (Å²) >= 11 is 13.4. The van der Waals surface area contributed by atoms with Crippen molar-refractivity contribution >= 4 is 35.0 Å². The molecule has 2 unspecified atom stereocenters. The molecule has 5 nitrogen and oxygen atoms in total. The second-order valence-corrected chi connectivity index (χ2v) is 10.4. The minimum Gasteiger partial charge on any atom is -0.369 e. The van der Waals surface area contributed by atoms with Crippen LogP contribution in [-0.2, 0) is 10.2 Å². The maximum atomic E-state index is 13.0. The fraction of sp³-hybridized carbons (Fsp3) is 0.286. The van der Waals surface area contributed by atoms with Crippen LogP contribution in [0.2, 0.25) is 10.0 Å². The van der Waals surface area contributed by atoms with Crippen molar-refractivity contribution in [2.75, 3.05) is 0 Å². The van der Waals surface area contributed by atoms with Gasteiger partial charge in [0.15, 0.2) is 0 Å². The van der Waals surface area contributed by atoms with Gasteiger partial charge in [-0.15, -0.1) is 0 Å². The molecule has 0 spiro atoms. The van der Waals surface area contributed by atoms with E-state index >= 15 is 0 Å². The number of rotatable bonds is 6. The van der Waals surface area contributed by atoms with Gasteiger partial charge in [0, 0.05) is 27.7 Å². The number of amides is 2. The number of nitrogens with two attached hydrogens (primary N) is 2. The summed E-state index contributed by atoms with van der Waals surface area (Å²) < 4.78 is 0. The molecule has 4 N–H and O–H groups in total. The van der Waals surface area contributed by atoms with E-state index in [1.54, 1.807) is 12.1 Å². The van der Waals surface area contributed by atoms with Gasteiger partial charge in [-0.05, 0) is 66.6 Å². The van der Waals surface area contributed by atoms with Crippen molar-refractivity contribution in [3.05, 3.63) is 105 Å². The van der Waals surface area contributed by atoms with Crippen molar-refractivity contribution in [3.8, 4) is 0 Å². The average molecular weight is 508 g/mol. The number of benzene rings is 3. The maximum absolute atomic E-state index is 13.0. The van der Waals surface area contributed by atoms with Gasteiger partial charge >= 0.3 is 0 Å². The molecule has 0 saturated carbocycles. The fourth-order valence-corrected chi connectivity index (χ4v) is 6.60. The Morgan fingerprint density at radius 3 is 1.71 bits per heavy atom. The molecule has 2 aliphatic rings. The van der Waals surface area contributed by atoms with Crippen molar-refractivity contribution in [1.29, 1.82) is 0 Å². The Morgan fingerprint density at radius 1 is 0.800 bits per heavy atom. The molecular weight excluding hydrogens is 481 g/mol. The molecular formula is C28H27Cl2N3O2. The number of halogens is 2. The Bertz CT molecular complexity index is 1220. The van der Waals surface area contributed by atoms with E-state index in [4.69, 9.17) is 34.7 Å². The van der Waals surface area contributed by atoms with Crippen molar-refractivity contribution < 1.29 is 9.59 Å². The number of fused-ring (bicyclic) bond motifs is 2. The molecule has 2 fully saturated rings. The highest BCUT2D eigenvalue weighted by Crippen LogP contribution is 2.52. The molecule has 0 radical (unpaired) electrons. The summed E-state index contributed by atoms with van der Waals surface area (Å²) in [6.07, 6.45) is 3.06. The first kappa shape index (κ1) is 23.9. The monoisotopic (exact) mass is 507 g/mol. The van der Waals surface area contributed by atoms with E-state index in [9.17, 15) is 9.59 Å². The minimum atomic E-state index is -0.815. The second kappa shape index (κ2) is 9.30. The van der Waals surface area contributed by atoms with Crippen LogP contribution in [-0.4, -0.2) is 28.8 Å². The molecule has 2 aliphatic heterocycles. The van der Waals surface area contributed by atoms with Gasteiger partial charge in [0.2, 0.25) is 11.8 Å². The van der Waals surface area contributed by atoms with E-state index < -0.39 is 11.3 Å². The minimum absolute atomic E-state index is 0.106. The van der Waals surface area contributed by atoms with Gasteiger partial charge < -0.3 is 11.5 Å². The first-order chi connectivity index (χ1) is 16.8. The number of carbonyl (C=O) groups is 2. The molecule has 3 aromatic rings. The van der Waals surface area contributed by atoms with E-state index in [0.29, 0.717) is 28.5 Å². The lowest BCUT2D eigenvalue weighted by molar-refractivity contribution is -0.127. The van der Waals surface area contributed by atoms with Crippen LogP contribution in [0.3, 0.4) is 0 Å². The van der Waals surface area contributed by atoms with E-state index in [1.807, 2.05) is 60.7 Å². The maximum Gasteiger partial charge on any atom is 0.248 e. The smallest absolute Gasteiger partial charge is 0.248 e. The lowest BCUT2D eigenvalue weighted by Crippen LogP contribution is -2.55. The molecule has 0 aliphatic carbocycles. The zero-order valence-corrected chi connectivity index (χ0v) is 20.7. The van der Waals surface area contributed by atoms with Crippen LogP contribution in [0.5, 0.6) is 0 Å². The van der Waals surface area contributed by atoms with Crippen LogP contribution in [0, 0.1) is 0 Å². The van der Waals surface area contributed by atoms with Crippen LogP contribution in [0.1, 0.15) is 58.8 Å². The van der Waals surface area contributed by atoms with Gasteiger partial charge in [-0.3, -0.25) is 14.5 Å². The third-order valence-corrected chi connectivity index (χ3v) is 8.42. The Hall–Kier alpha value is -2.86. The first-order valence-electron chi connectivity index (χ1n) is 11.8. The van der Waals surface area contributed by atoms with Crippen molar-refractivity contribution in [2.24, 2.45) is 11.5 Å². The van der Waals surface area contributed by atoms with Crippen molar-refractivity contribution in [3.63, 3.8) is 0 Å². The van der Waals surface area contributed by atoms with Gasteiger partial charge in [-0.2, -0.15) is 0 Å². The Balaban J connectivity index is 1.57. The highest BCUT2D eigenvalue weighted by atomic mass is 35.5. The summed E-state index contributed by atoms with van der Waals surface area (Å²) in [5.41, 5.74) is 13.9. The summed E-state index contributed by atoms with van der Waals surface area (Å²) in [4.78, 5) is 27.1. The number of carbonyl (C=O) groups excluding carboxylic acids is 2. The van der Waals surface area contributed by atoms with E-state index in [0.717, 1.165) is 29.5 Å².